The Labute approximate surface area is 204 Å². The number of carbonyl (C=O) groups excluding carboxylic acids is 1. The van der Waals surface area contributed by atoms with Gasteiger partial charge in [-0.05, 0) is 55.1 Å². The van der Waals surface area contributed by atoms with Crippen molar-refractivity contribution in [3.05, 3.63) is 101 Å². The lowest BCUT2D eigenvalue weighted by Crippen LogP contribution is -2.47. The summed E-state index contributed by atoms with van der Waals surface area (Å²) in [7, 11) is 1.94. The minimum Gasteiger partial charge on any atom is -0.369 e. The average molecular weight is 456 g/mol. The molecule has 0 bridgehead atoms. The number of carbonyl (C=O) groups is 1. The first-order valence-electron chi connectivity index (χ1n) is 12.4. The Balaban J connectivity index is 1.30. The number of nitrogens with zero attached hydrogens (tertiary/aromatic N) is 3. The third kappa shape index (κ3) is 5.87. The van der Waals surface area contributed by atoms with Crippen LogP contribution in [-0.4, -0.2) is 62.0 Å². The first kappa shape index (κ1) is 24.0. The minimum atomic E-state index is -0.256. The molecule has 34 heavy (non-hydrogen) atoms. The fourth-order valence-electron chi connectivity index (χ4n) is 4.90. The van der Waals surface area contributed by atoms with Crippen molar-refractivity contribution in [3.8, 4) is 0 Å². The van der Waals surface area contributed by atoms with Crippen molar-refractivity contribution < 1.29 is 4.79 Å². The van der Waals surface area contributed by atoms with Gasteiger partial charge >= 0.3 is 0 Å². The molecule has 0 saturated carbocycles. The molecule has 178 valence electrons. The van der Waals surface area contributed by atoms with Gasteiger partial charge in [0.15, 0.2) is 0 Å². The maximum Gasteiger partial charge on any atom is 0.234 e. The third-order valence-corrected chi connectivity index (χ3v) is 6.93. The van der Waals surface area contributed by atoms with Crippen molar-refractivity contribution >= 4 is 11.6 Å². The molecule has 0 aliphatic carbocycles. The molecule has 3 aromatic carbocycles. The highest BCUT2D eigenvalue weighted by molar-refractivity contribution is 5.87. The van der Waals surface area contributed by atoms with Gasteiger partial charge < -0.3 is 9.80 Å². The van der Waals surface area contributed by atoms with E-state index in [-0.39, 0.29) is 11.8 Å². The summed E-state index contributed by atoms with van der Waals surface area (Å²) in [6.45, 7) is 10.4. The van der Waals surface area contributed by atoms with Crippen LogP contribution in [0.1, 0.15) is 34.6 Å². The van der Waals surface area contributed by atoms with E-state index in [2.05, 4.69) is 66.1 Å². The highest BCUT2D eigenvalue weighted by Crippen LogP contribution is 2.27. The number of rotatable bonds is 8. The number of aryl methyl sites for hydroxylation is 2. The summed E-state index contributed by atoms with van der Waals surface area (Å²) in [5.41, 5.74) is 6.14. The van der Waals surface area contributed by atoms with Gasteiger partial charge in [0.05, 0.1) is 5.92 Å². The van der Waals surface area contributed by atoms with E-state index in [1.54, 1.807) is 0 Å². The molecule has 1 fully saturated rings. The third-order valence-electron chi connectivity index (χ3n) is 6.93. The Morgan fingerprint density at radius 2 is 1.44 bits per heavy atom. The molecule has 4 rings (SSSR count). The summed E-state index contributed by atoms with van der Waals surface area (Å²) < 4.78 is 0. The minimum absolute atomic E-state index is 0.164. The summed E-state index contributed by atoms with van der Waals surface area (Å²) in [5, 5.41) is 0. The lowest BCUT2D eigenvalue weighted by Gasteiger charge is -2.37. The highest BCUT2D eigenvalue weighted by Gasteiger charge is 2.25. The van der Waals surface area contributed by atoms with Gasteiger partial charge in [-0.1, -0.05) is 72.8 Å². The van der Waals surface area contributed by atoms with Crippen LogP contribution in [0.15, 0.2) is 78.9 Å². The van der Waals surface area contributed by atoms with Crippen LogP contribution in [-0.2, 0) is 4.79 Å². The van der Waals surface area contributed by atoms with E-state index < -0.39 is 0 Å². The van der Waals surface area contributed by atoms with Crippen molar-refractivity contribution in [1.82, 2.24) is 9.80 Å². The zero-order valence-corrected chi connectivity index (χ0v) is 20.8. The van der Waals surface area contributed by atoms with Crippen LogP contribution < -0.4 is 4.90 Å². The van der Waals surface area contributed by atoms with E-state index >= 15 is 0 Å². The molecule has 0 N–H and O–H groups in total. The summed E-state index contributed by atoms with van der Waals surface area (Å²) in [5.74, 6) is -0.0920. The molecule has 0 spiro atoms. The quantitative estimate of drug-likeness (QED) is 0.472. The predicted octanol–water partition coefficient (Wildman–Crippen LogP) is 5.11. The number of anilines is 1. The average Bonchev–Trinajstić information content (AvgIpc) is 2.87. The summed E-state index contributed by atoms with van der Waals surface area (Å²) >= 11 is 0. The van der Waals surface area contributed by atoms with Gasteiger partial charge in [0.1, 0.15) is 0 Å². The van der Waals surface area contributed by atoms with E-state index in [0.717, 1.165) is 56.8 Å². The molecule has 4 heteroatoms. The number of benzene rings is 3. The number of piperazine rings is 1. The van der Waals surface area contributed by atoms with E-state index in [9.17, 15) is 4.79 Å². The molecule has 1 aliphatic heterocycles. The van der Waals surface area contributed by atoms with Crippen LogP contribution in [0, 0.1) is 13.8 Å². The molecule has 0 unspecified atom stereocenters. The molecule has 1 saturated heterocycles. The first-order chi connectivity index (χ1) is 16.5. The number of hydrogen-bond acceptors (Lipinski definition) is 3. The lowest BCUT2D eigenvalue weighted by atomic mass is 9.90. The van der Waals surface area contributed by atoms with Crippen molar-refractivity contribution in [1.29, 1.82) is 0 Å². The topological polar surface area (TPSA) is 26.8 Å². The van der Waals surface area contributed by atoms with Crippen LogP contribution >= 0.6 is 0 Å². The number of likely N-dealkylation sites (N-methyl/N-ethyl adjacent to an activating group) is 1. The predicted molar refractivity (Wildman–Crippen MR) is 142 cm³/mol. The molecular formula is C30H37N3O. The van der Waals surface area contributed by atoms with Crippen LogP contribution in [0.2, 0.25) is 0 Å². The molecule has 3 aromatic rings. The molecule has 1 heterocycles. The zero-order valence-electron chi connectivity index (χ0n) is 20.8. The van der Waals surface area contributed by atoms with E-state index in [0.29, 0.717) is 0 Å². The van der Waals surface area contributed by atoms with Gasteiger partial charge in [-0.25, -0.2) is 0 Å². The molecule has 0 atom stereocenters. The Morgan fingerprint density at radius 3 is 2.03 bits per heavy atom. The Bertz CT molecular complexity index is 1020. The summed E-state index contributed by atoms with van der Waals surface area (Å²) in [6, 6.07) is 27.0. The van der Waals surface area contributed by atoms with E-state index in [1.165, 1.54) is 16.8 Å². The van der Waals surface area contributed by atoms with Crippen LogP contribution in [0.3, 0.4) is 0 Å². The maximum absolute atomic E-state index is 13.5. The highest BCUT2D eigenvalue weighted by atomic mass is 16.2. The molecule has 0 radical (unpaired) electrons. The van der Waals surface area contributed by atoms with Crippen molar-refractivity contribution in [2.45, 2.75) is 26.2 Å². The summed E-state index contributed by atoms with van der Waals surface area (Å²) in [4.78, 5) is 20.5. The summed E-state index contributed by atoms with van der Waals surface area (Å²) in [6.07, 6.45) is 0.988. The van der Waals surface area contributed by atoms with Gasteiger partial charge in [0.2, 0.25) is 5.91 Å². The molecular weight excluding hydrogens is 418 g/mol. The van der Waals surface area contributed by atoms with Crippen LogP contribution in [0.4, 0.5) is 5.69 Å². The maximum atomic E-state index is 13.5. The molecule has 4 nitrogen and oxygen atoms in total. The molecule has 0 aromatic heterocycles. The van der Waals surface area contributed by atoms with E-state index in [1.807, 2.05) is 48.3 Å². The second-order valence-electron chi connectivity index (χ2n) is 9.49. The zero-order chi connectivity index (χ0) is 23.9. The van der Waals surface area contributed by atoms with Crippen LogP contribution in [0.5, 0.6) is 0 Å². The standard InChI is InChI=1S/C30H37N3O/c1-24-15-16-25(2)28(23-24)33-21-19-32(20-22-33)18-10-17-31(3)30(34)29(26-11-6-4-7-12-26)27-13-8-5-9-14-27/h4-9,11-16,23,29H,10,17-22H2,1-3H3. The monoisotopic (exact) mass is 455 g/mol. The Hall–Kier alpha value is -3.11. The number of hydrogen-bond donors (Lipinski definition) is 0. The largest absolute Gasteiger partial charge is 0.369 e. The van der Waals surface area contributed by atoms with Gasteiger partial charge in [0, 0.05) is 45.5 Å². The van der Waals surface area contributed by atoms with Crippen LogP contribution in [0.25, 0.3) is 0 Å². The smallest absolute Gasteiger partial charge is 0.234 e. The SMILES string of the molecule is Cc1ccc(C)c(N2CCN(CCCN(C)C(=O)C(c3ccccc3)c3ccccc3)CC2)c1. The normalized spacial score (nSPS) is 14.4. The van der Waals surface area contributed by atoms with Crippen molar-refractivity contribution in [2.24, 2.45) is 0 Å². The fraction of sp³-hybridized carbons (Fsp3) is 0.367. The molecule has 1 aliphatic rings. The second kappa shape index (κ2) is 11.3. The fourth-order valence-corrected chi connectivity index (χ4v) is 4.90. The lowest BCUT2D eigenvalue weighted by molar-refractivity contribution is -0.130. The van der Waals surface area contributed by atoms with E-state index in [4.69, 9.17) is 0 Å². The van der Waals surface area contributed by atoms with Crippen molar-refractivity contribution in [3.63, 3.8) is 0 Å². The second-order valence-corrected chi connectivity index (χ2v) is 9.49. The van der Waals surface area contributed by atoms with Gasteiger partial charge in [-0.2, -0.15) is 0 Å². The van der Waals surface area contributed by atoms with Gasteiger partial charge in [0.25, 0.3) is 0 Å². The van der Waals surface area contributed by atoms with Gasteiger partial charge in [-0.15, -0.1) is 0 Å². The Morgan fingerprint density at radius 1 is 0.853 bits per heavy atom. The Kier molecular flexibility index (Phi) is 8.02. The number of amides is 1. The first-order valence-corrected chi connectivity index (χ1v) is 12.4. The molecule has 1 amide bonds. The van der Waals surface area contributed by atoms with Crippen molar-refractivity contribution in [2.75, 3.05) is 51.2 Å². The van der Waals surface area contributed by atoms with Gasteiger partial charge in [-0.3, -0.25) is 9.69 Å².